The van der Waals surface area contributed by atoms with Gasteiger partial charge in [-0.2, -0.15) is 9.82 Å². The van der Waals surface area contributed by atoms with Crippen LogP contribution in [0.3, 0.4) is 0 Å². The van der Waals surface area contributed by atoms with Gasteiger partial charge in [0.2, 0.25) is 10.0 Å². The zero-order valence-electron chi connectivity index (χ0n) is 18.2. The lowest BCUT2D eigenvalue weighted by atomic mass is 10.1. The first-order valence-electron chi connectivity index (χ1n) is 10.4. The zero-order valence-corrected chi connectivity index (χ0v) is 22.0. The molecule has 0 spiro atoms. The second-order valence-corrected chi connectivity index (χ2v) is 10.6. The van der Waals surface area contributed by atoms with Crippen LogP contribution in [0.15, 0.2) is 82.8 Å². The van der Waals surface area contributed by atoms with Crippen molar-refractivity contribution in [3.8, 4) is 5.75 Å². The lowest BCUT2D eigenvalue weighted by Crippen LogP contribution is -2.46. The highest BCUT2D eigenvalue weighted by Crippen LogP contribution is 2.21. The number of hydrogen-bond donors (Lipinski definition) is 2. The third-order valence-corrected chi connectivity index (χ3v) is 7.11. The zero-order chi connectivity index (χ0) is 24.6. The second kappa shape index (κ2) is 12.3. The van der Waals surface area contributed by atoms with Gasteiger partial charge in [-0.3, -0.25) is 4.79 Å². The number of sulfonamides is 1. The number of rotatable bonds is 10. The summed E-state index contributed by atoms with van der Waals surface area (Å²) in [4.78, 5) is 13.0. The maximum Gasteiger partial charge on any atom is 0.258 e. The smallest absolute Gasteiger partial charge is 0.258 e. The Morgan fingerprint density at radius 3 is 2.50 bits per heavy atom. The summed E-state index contributed by atoms with van der Waals surface area (Å²) >= 11 is 8.15. The molecule has 3 rings (SSSR count). The second-order valence-electron chi connectivity index (χ2n) is 7.17. The Morgan fingerprint density at radius 1 is 1.12 bits per heavy atom. The largest absolute Gasteiger partial charge is 0.493 e. The van der Waals surface area contributed by atoms with Crippen LogP contribution in [0.5, 0.6) is 5.75 Å². The molecule has 7 nitrogen and oxygen atoms in total. The summed E-state index contributed by atoms with van der Waals surface area (Å²) in [6.07, 6.45) is 1.55. The third-order valence-electron chi connectivity index (χ3n) is 4.67. The van der Waals surface area contributed by atoms with Crippen molar-refractivity contribution >= 4 is 56.3 Å². The van der Waals surface area contributed by atoms with Gasteiger partial charge in [-0.1, -0.05) is 41.9 Å². The van der Waals surface area contributed by atoms with Crippen molar-refractivity contribution in [3.63, 3.8) is 0 Å². The van der Waals surface area contributed by atoms with Crippen molar-refractivity contribution in [3.05, 3.63) is 92.5 Å². The average Bonchev–Trinajstić information content (AvgIpc) is 2.81. The summed E-state index contributed by atoms with van der Waals surface area (Å²) in [5, 5.41) is 4.49. The fourth-order valence-electron chi connectivity index (χ4n) is 3.06. The summed E-state index contributed by atoms with van der Waals surface area (Å²) in [7, 11) is -3.94. The summed E-state index contributed by atoms with van der Waals surface area (Å²) in [5.41, 5.74) is 3.80. The van der Waals surface area contributed by atoms with Gasteiger partial charge < -0.3 is 4.74 Å². The van der Waals surface area contributed by atoms with E-state index in [1.807, 2.05) is 37.3 Å². The van der Waals surface area contributed by atoms with Gasteiger partial charge in [0.05, 0.1) is 17.7 Å². The van der Waals surface area contributed by atoms with Gasteiger partial charge in [-0.15, -0.1) is 0 Å². The molecular formula is C24H23ClIN3O4S. The van der Waals surface area contributed by atoms with E-state index >= 15 is 0 Å². The van der Waals surface area contributed by atoms with Gasteiger partial charge in [-0.25, -0.2) is 13.8 Å². The molecule has 3 aromatic rings. The number of carbonyl (C=O) groups excluding carboxylic acids is 1. The Bertz CT molecular complexity index is 1250. The predicted octanol–water partition coefficient (Wildman–Crippen LogP) is 4.38. The molecule has 2 N–H and O–H groups in total. The molecule has 1 atom stereocenters. The number of nitrogens with one attached hydrogen (secondary N) is 2. The Morgan fingerprint density at radius 2 is 1.82 bits per heavy atom. The van der Waals surface area contributed by atoms with Crippen molar-refractivity contribution in [1.82, 2.24) is 10.1 Å². The van der Waals surface area contributed by atoms with Crippen molar-refractivity contribution in [1.29, 1.82) is 0 Å². The number of hydrogen-bond acceptors (Lipinski definition) is 5. The van der Waals surface area contributed by atoms with Gasteiger partial charge in [0.1, 0.15) is 11.8 Å². The van der Waals surface area contributed by atoms with E-state index in [-0.39, 0.29) is 11.3 Å². The Balaban J connectivity index is 1.80. The van der Waals surface area contributed by atoms with Crippen LogP contribution in [0.25, 0.3) is 0 Å². The Labute approximate surface area is 217 Å². The molecule has 0 aliphatic carbocycles. The van der Waals surface area contributed by atoms with E-state index in [2.05, 4.69) is 37.8 Å². The molecule has 0 saturated carbocycles. The Kier molecular flexibility index (Phi) is 9.45. The highest BCUT2D eigenvalue weighted by Gasteiger charge is 2.26. The number of amides is 1. The molecule has 0 heterocycles. The summed E-state index contributed by atoms with van der Waals surface area (Å²) < 4.78 is 34.8. The van der Waals surface area contributed by atoms with E-state index in [0.29, 0.717) is 22.9 Å². The minimum atomic E-state index is -3.94. The third kappa shape index (κ3) is 7.52. The highest BCUT2D eigenvalue weighted by atomic mass is 127. The molecule has 1 amide bonds. The molecule has 10 heteroatoms. The molecule has 0 aliphatic rings. The first-order valence-corrected chi connectivity index (χ1v) is 13.3. The van der Waals surface area contributed by atoms with E-state index in [4.69, 9.17) is 16.3 Å². The van der Waals surface area contributed by atoms with Crippen LogP contribution in [-0.4, -0.2) is 33.2 Å². The lowest BCUT2D eigenvalue weighted by molar-refractivity contribution is -0.122. The number of hydrazone groups is 1. The molecule has 0 unspecified atom stereocenters. The molecule has 178 valence electrons. The van der Waals surface area contributed by atoms with Crippen LogP contribution in [0.4, 0.5) is 0 Å². The van der Waals surface area contributed by atoms with Gasteiger partial charge >= 0.3 is 0 Å². The first kappa shape index (κ1) is 26.1. The van der Waals surface area contributed by atoms with Crippen molar-refractivity contribution < 1.29 is 17.9 Å². The monoisotopic (exact) mass is 611 g/mol. The number of benzene rings is 3. The maximum atomic E-state index is 13.0. The molecular weight excluding hydrogens is 589 g/mol. The number of nitrogens with zero attached hydrogens (tertiary/aromatic N) is 1. The van der Waals surface area contributed by atoms with Crippen molar-refractivity contribution in [2.45, 2.75) is 24.3 Å². The molecule has 0 aliphatic heterocycles. The molecule has 34 heavy (non-hydrogen) atoms. The molecule has 0 bridgehead atoms. The predicted molar refractivity (Wildman–Crippen MR) is 142 cm³/mol. The number of carbonyl (C=O) groups is 1. The highest BCUT2D eigenvalue weighted by molar-refractivity contribution is 14.1. The van der Waals surface area contributed by atoms with Gasteiger partial charge in [-0.05, 0) is 84.0 Å². The van der Waals surface area contributed by atoms with Crippen molar-refractivity contribution in [2.75, 3.05) is 6.61 Å². The Hall–Kier alpha value is -2.47. The molecule has 0 aromatic heterocycles. The summed E-state index contributed by atoms with van der Waals surface area (Å²) in [5.74, 6) is -0.0423. The fraction of sp³-hybridized carbons (Fsp3) is 0.167. The molecule has 0 saturated heterocycles. The van der Waals surface area contributed by atoms with E-state index in [9.17, 15) is 13.2 Å². The van der Waals surface area contributed by atoms with E-state index in [0.717, 1.165) is 9.13 Å². The molecule has 3 aromatic carbocycles. The van der Waals surface area contributed by atoms with Crippen LogP contribution < -0.4 is 14.9 Å². The summed E-state index contributed by atoms with van der Waals surface area (Å²) in [6, 6.07) is 19.5. The lowest BCUT2D eigenvalue weighted by Gasteiger charge is -2.17. The maximum absolute atomic E-state index is 13.0. The summed E-state index contributed by atoms with van der Waals surface area (Å²) in [6.45, 7) is 2.31. The minimum Gasteiger partial charge on any atom is -0.493 e. The average molecular weight is 612 g/mol. The minimum absolute atomic E-state index is 0.0718. The van der Waals surface area contributed by atoms with Crippen LogP contribution in [0.2, 0.25) is 5.02 Å². The topological polar surface area (TPSA) is 96.9 Å². The molecule has 0 fully saturated rings. The van der Waals surface area contributed by atoms with E-state index in [1.165, 1.54) is 18.3 Å². The molecule has 0 radical (unpaired) electrons. The van der Waals surface area contributed by atoms with Gasteiger partial charge in [0, 0.05) is 14.2 Å². The van der Waals surface area contributed by atoms with Crippen LogP contribution in [0, 0.1) is 3.57 Å². The SMILES string of the molecule is CCOc1ccc(Cl)cc1/C=N\NC(=O)[C@H](Cc1ccccc1)NS(=O)(=O)c1ccc(I)cc1. The van der Waals surface area contributed by atoms with E-state index < -0.39 is 22.0 Å². The fourth-order valence-corrected chi connectivity index (χ4v) is 4.79. The van der Waals surface area contributed by atoms with Crippen molar-refractivity contribution in [2.24, 2.45) is 5.10 Å². The first-order chi connectivity index (χ1) is 16.3. The standard InChI is InChI=1S/C24H23ClIN3O4S/c1-2-33-23-13-8-19(25)15-18(23)16-27-28-24(30)22(14-17-6-4-3-5-7-17)29-34(31,32)21-11-9-20(26)10-12-21/h3-13,15-16,22,29H,2,14H2,1H3,(H,28,30)/b27-16-/t22-/m0/s1. The van der Waals surface area contributed by atoms with Gasteiger partial charge in [0.25, 0.3) is 5.91 Å². The number of ether oxygens (including phenoxy) is 1. The van der Waals surface area contributed by atoms with Crippen LogP contribution in [-0.2, 0) is 21.2 Å². The normalized spacial score (nSPS) is 12.4. The van der Waals surface area contributed by atoms with Crippen LogP contribution in [0.1, 0.15) is 18.1 Å². The van der Waals surface area contributed by atoms with Crippen LogP contribution >= 0.6 is 34.2 Å². The number of halogens is 2. The quantitative estimate of drug-likeness (QED) is 0.202. The van der Waals surface area contributed by atoms with E-state index in [1.54, 1.807) is 30.3 Å². The van der Waals surface area contributed by atoms with Gasteiger partial charge in [0.15, 0.2) is 0 Å².